The maximum absolute atomic E-state index is 14.0. The molecule has 0 saturated carbocycles. The first kappa shape index (κ1) is 27.3. The number of hydrogen-bond acceptors (Lipinski definition) is 6. The van der Waals surface area contributed by atoms with Crippen LogP contribution in [0.15, 0.2) is 105 Å². The summed E-state index contributed by atoms with van der Waals surface area (Å²) in [4.78, 5) is 16.3. The second-order valence-corrected chi connectivity index (χ2v) is 11.6. The molecule has 2 aliphatic rings. The van der Waals surface area contributed by atoms with Gasteiger partial charge in [-0.3, -0.25) is 0 Å². The number of halogens is 2. The molecular weight excluding hydrogens is 556 g/mol. The second kappa shape index (κ2) is 11.1. The van der Waals surface area contributed by atoms with E-state index in [2.05, 4.69) is 0 Å². The molecule has 0 radical (unpaired) electrons. The van der Waals surface area contributed by atoms with Crippen LogP contribution in [0.1, 0.15) is 22.3 Å². The van der Waals surface area contributed by atoms with Crippen molar-refractivity contribution in [3.8, 4) is 0 Å². The van der Waals surface area contributed by atoms with Crippen LogP contribution in [0.4, 0.5) is 8.78 Å². The Bertz CT molecular complexity index is 1560. The van der Waals surface area contributed by atoms with Gasteiger partial charge in [0, 0.05) is 30.7 Å². The largest absolute Gasteiger partial charge is 1.00 e. The predicted molar refractivity (Wildman–Crippen MR) is 139 cm³/mol. The molecule has 6 rings (SSSR count). The van der Waals surface area contributed by atoms with E-state index in [-0.39, 0.29) is 41.1 Å². The van der Waals surface area contributed by atoms with Crippen LogP contribution >= 0.6 is 31.3 Å². The smallest absolute Gasteiger partial charge is 0.736 e. The van der Waals surface area contributed by atoms with Crippen LogP contribution in [-0.4, -0.2) is 0 Å². The molecule has 0 saturated heterocycles. The average molecular weight is 573 g/mol. The van der Waals surface area contributed by atoms with Gasteiger partial charge < -0.3 is 13.9 Å². The molecule has 0 fully saturated rings. The first-order valence-corrected chi connectivity index (χ1v) is 14.2. The zero-order chi connectivity index (χ0) is 25.6. The first-order valence-electron chi connectivity index (χ1n) is 11.1. The van der Waals surface area contributed by atoms with Gasteiger partial charge in [-0.15, -0.1) is 0 Å². The molecule has 10 heteroatoms. The Morgan fingerprint density at radius 1 is 0.632 bits per heavy atom. The summed E-state index contributed by atoms with van der Waals surface area (Å²) < 4.78 is 52.4. The number of hydrogen-bond donors (Lipinski definition) is 0. The molecule has 2 heterocycles. The minimum Gasteiger partial charge on any atom is -0.736 e. The summed E-state index contributed by atoms with van der Waals surface area (Å²) in [6.07, 6.45) is 2.97. The van der Waals surface area contributed by atoms with Crippen molar-refractivity contribution in [2.75, 3.05) is 0 Å². The molecule has 0 aliphatic carbocycles. The molecule has 2 aliphatic heterocycles. The minimum absolute atomic E-state index is 0. The van der Waals surface area contributed by atoms with E-state index in [0.29, 0.717) is 22.3 Å². The summed E-state index contributed by atoms with van der Waals surface area (Å²) in [6.45, 7) is 0. The zero-order valence-electron chi connectivity index (χ0n) is 19.9. The van der Waals surface area contributed by atoms with Crippen molar-refractivity contribution < 1.29 is 56.8 Å². The summed E-state index contributed by atoms with van der Waals surface area (Å²) >= 11 is 2.77. The van der Waals surface area contributed by atoms with E-state index in [1.807, 2.05) is 24.3 Å². The Morgan fingerprint density at radius 3 is 1.50 bits per heavy atom. The van der Waals surface area contributed by atoms with Crippen molar-refractivity contribution in [1.82, 2.24) is 0 Å². The van der Waals surface area contributed by atoms with Crippen LogP contribution in [0.25, 0.3) is 23.7 Å². The van der Waals surface area contributed by atoms with E-state index in [9.17, 15) is 18.2 Å². The van der Waals surface area contributed by atoms with E-state index in [1.165, 1.54) is 59.9 Å². The Balaban J connectivity index is 0.00000294. The van der Waals surface area contributed by atoms with E-state index < -0.39 is 19.5 Å². The Morgan fingerprint density at radius 2 is 1.05 bits per heavy atom. The van der Waals surface area contributed by atoms with Gasteiger partial charge in [0.2, 0.25) is 0 Å². The van der Waals surface area contributed by atoms with E-state index in [4.69, 9.17) is 9.05 Å². The SMILES string of the molecule is O=P([O-])(OC1=Cc2cc(F)ccc2Sc2ccccc21)OC1=Cc2cc(F)ccc2Sc2ccccc21.[Na+]. The van der Waals surface area contributed by atoms with Crippen LogP contribution in [0.5, 0.6) is 0 Å². The fraction of sp³-hybridized carbons (Fsp3) is 0. The Labute approximate surface area is 248 Å². The van der Waals surface area contributed by atoms with Gasteiger partial charge in [-0.1, -0.05) is 59.9 Å². The molecule has 0 amide bonds. The van der Waals surface area contributed by atoms with Gasteiger partial charge in [0.25, 0.3) is 0 Å². The summed E-state index contributed by atoms with van der Waals surface area (Å²) in [5, 5.41) is 0. The van der Waals surface area contributed by atoms with E-state index in [0.717, 1.165) is 19.6 Å². The van der Waals surface area contributed by atoms with Crippen molar-refractivity contribution in [3.05, 3.63) is 119 Å². The first-order chi connectivity index (χ1) is 17.8. The third-order valence-corrected chi connectivity index (χ3v) is 8.86. The van der Waals surface area contributed by atoms with Crippen LogP contribution in [0.3, 0.4) is 0 Å². The number of fused-ring (bicyclic) bond motifs is 4. The van der Waals surface area contributed by atoms with Gasteiger partial charge in [-0.05, 0) is 71.8 Å². The second-order valence-electron chi connectivity index (χ2n) is 8.21. The number of rotatable bonds is 4. The number of phosphoric acid groups is 1. The average Bonchev–Trinajstić information content (AvgIpc) is 3.10. The van der Waals surface area contributed by atoms with Gasteiger partial charge in [-0.2, -0.15) is 0 Å². The van der Waals surface area contributed by atoms with Crippen LogP contribution in [0.2, 0.25) is 0 Å². The molecule has 4 nitrogen and oxygen atoms in total. The van der Waals surface area contributed by atoms with Crippen LogP contribution < -0.4 is 34.5 Å². The maximum atomic E-state index is 14.0. The van der Waals surface area contributed by atoms with Gasteiger partial charge in [0.05, 0.1) is 0 Å². The summed E-state index contributed by atoms with van der Waals surface area (Å²) in [5.41, 5.74) is 2.02. The van der Waals surface area contributed by atoms with Crippen molar-refractivity contribution in [3.63, 3.8) is 0 Å². The van der Waals surface area contributed by atoms with Crippen molar-refractivity contribution in [2.45, 2.75) is 19.6 Å². The summed E-state index contributed by atoms with van der Waals surface area (Å²) in [7, 11) is -5.02. The van der Waals surface area contributed by atoms with Crippen molar-refractivity contribution in [2.24, 2.45) is 0 Å². The zero-order valence-corrected chi connectivity index (χ0v) is 24.4. The maximum Gasteiger partial charge on any atom is 1.00 e. The molecular formula is C28H16F2NaO4PS2. The van der Waals surface area contributed by atoms with Crippen molar-refractivity contribution >= 4 is 55.0 Å². The number of phosphoric ester groups is 1. The third-order valence-electron chi connectivity index (χ3n) is 5.68. The predicted octanol–water partition coefficient (Wildman–Crippen LogP) is 5.10. The van der Waals surface area contributed by atoms with Crippen LogP contribution in [0, 0.1) is 11.6 Å². The van der Waals surface area contributed by atoms with Gasteiger partial charge in [0.1, 0.15) is 23.2 Å². The summed E-state index contributed by atoms with van der Waals surface area (Å²) in [5.74, 6) is -0.889. The number of benzene rings is 4. The van der Waals surface area contributed by atoms with Crippen molar-refractivity contribution in [1.29, 1.82) is 0 Å². The molecule has 0 aromatic heterocycles. The molecule has 184 valence electrons. The summed E-state index contributed by atoms with van der Waals surface area (Å²) in [6, 6.07) is 22.9. The molecule has 4 aromatic rings. The monoisotopic (exact) mass is 572 g/mol. The third kappa shape index (κ3) is 5.68. The Kier molecular flexibility index (Phi) is 7.94. The quantitative estimate of drug-likeness (QED) is 0.251. The topological polar surface area (TPSA) is 58.6 Å². The minimum atomic E-state index is -5.02. The normalized spacial score (nSPS) is 13.7. The molecule has 0 atom stereocenters. The van der Waals surface area contributed by atoms with Crippen LogP contribution in [-0.2, 0) is 13.6 Å². The molecule has 38 heavy (non-hydrogen) atoms. The van der Waals surface area contributed by atoms with E-state index in [1.54, 1.807) is 36.4 Å². The van der Waals surface area contributed by atoms with E-state index >= 15 is 0 Å². The standard InChI is InChI=1S/C28H17F2O4PS2.Na/c29-19-9-11-25-17(13-19)15-23(21-5-1-3-7-27(21)36-25)33-35(31,32)34-24-16-18-14-20(30)10-12-26(18)37-28-8-4-2-6-22(24)28;/h1-16H,(H,31,32);/q;+1/p-1. The fourth-order valence-electron chi connectivity index (χ4n) is 4.05. The van der Waals surface area contributed by atoms with Gasteiger partial charge in [0.15, 0.2) is 0 Å². The molecule has 0 unspecified atom stereocenters. The molecule has 0 bridgehead atoms. The molecule has 0 N–H and O–H groups in total. The van der Waals surface area contributed by atoms with Gasteiger partial charge >= 0.3 is 37.4 Å². The fourth-order valence-corrected chi connectivity index (χ4v) is 6.94. The van der Waals surface area contributed by atoms with Gasteiger partial charge in [-0.25, -0.2) is 13.3 Å². The molecule has 4 aromatic carbocycles. The Hall–Kier alpha value is -2.29. The molecule has 0 spiro atoms.